The summed E-state index contributed by atoms with van der Waals surface area (Å²) in [5.74, 6) is -2.53. The molecular formula is C12H16F2N2. The minimum Gasteiger partial charge on any atom is -0.358 e. The van der Waals surface area contributed by atoms with Gasteiger partial charge in [-0.25, -0.2) is 8.78 Å². The van der Waals surface area contributed by atoms with Crippen LogP contribution in [0.25, 0.3) is 0 Å². The van der Waals surface area contributed by atoms with Gasteiger partial charge in [-0.3, -0.25) is 4.98 Å². The first-order valence-corrected chi connectivity index (χ1v) is 5.36. The molecule has 1 aromatic heterocycles. The quantitative estimate of drug-likeness (QED) is 0.732. The summed E-state index contributed by atoms with van der Waals surface area (Å²) in [4.78, 5) is 5.77. The van der Waals surface area contributed by atoms with Crippen LogP contribution in [0.3, 0.4) is 0 Å². The molecule has 0 atom stereocenters. The van der Waals surface area contributed by atoms with E-state index in [0.717, 1.165) is 11.3 Å². The zero-order valence-electron chi connectivity index (χ0n) is 9.80. The Hall–Kier alpha value is -1.19. The van der Waals surface area contributed by atoms with Crippen LogP contribution in [-0.2, 0) is 5.41 Å². The molecule has 0 spiro atoms. The minimum atomic E-state index is -2.53. The summed E-state index contributed by atoms with van der Waals surface area (Å²) in [5, 5.41) is 0. The van der Waals surface area contributed by atoms with Crippen molar-refractivity contribution in [2.24, 2.45) is 0 Å². The van der Waals surface area contributed by atoms with Gasteiger partial charge in [0, 0.05) is 6.20 Å². The predicted molar refractivity (Wildman–Crippen MR) is 60.1 cm³/mol. The van der Waals surface area contributed by atoms with Crippen molar-refractivity contribution in [2.75, 3.05) is 18.0 Å². The molecule has 0 N–H and O–H groups in total. The van der Waals surface area contributed by atoms with Gasteiger partial charge in [0.1, 0.15) is 0 Å². The van der Waals surface area contributed by atoms with Gasteiger partial charge in [-0.1, -0.05) is 20.8 Å². The van der Waals surface area contributed by atoms with Gasteiger partial charge in [-0.2, -0.15) is 0 Å². The summed E-state index contributed by atoms with van der Waals surface area (Å²) in [6.07, 6.45) is 3.44. The summed E-state index contributed by atoms with van der Waals surface area (Å²) >= 11 is 0. The number of halogens is 2. The van der Waals surface area contributed by atoms with E-state index < -0.39 is 5.92 Å². The number of pyridine rings is 1. The lowest BCUT2D eigenvalue weighted by molar-refractivity contribution is -0.0262. The highest BCUT2D eigenvalue weighted by Gasteiger charge is 2.44. The van der Waals surface area contributed by atoms with Gasteiger partial charge in [0.2, 0.25) is 0 Å². The Balaban J connectivity index is 2.18. The van der Waals surface area contributed by atoms with Crippen LogP contribution in [0.1, 0.15) is 26.3 Å². The van der Waals surface area contributed by atoms with Gasteiger partial charge in [0.15, 0.2) is 0 Å². The third-order valence-corrected chi connectivity index (χ3v) is 2.80. The van der Waals surface area contributed by atoms with E-state index >= 15 is 0 Å². The van der Waals surface area contributed by atoms with Crippen LogP contribution in [0.5, 0.6) is 0 Å². The number of nitrogens with zero attached hydrogens (tertiary/aromatic N) is 2. The van der Waals surface area contributed by atoms with Crippen LogP contribution >= 0.6 is 0 Å². The van der Waals surface area contributed by atoms with E-state index in [1.165, 1.54) is 0 Å². The Morgan fingerprint density at radius 2 is 1.88 bits per heavy atom. The van der Waals surface area contributed by atoms with E-state index in [1.807, 2.05) is 6.07 Å². The largest absolute Gasteiger partial charge is 0.358 e. The Morgan fingerprint density at radius 3 is 2.38 bits per heavy atom. The van der Waals surface area contributed by atoms with Crippen LogP contribution in [0.15, 0.2) is 18.5 Å². The van der Waals surface area contributed by atoms with Gasteiger partial charge in [0.25, 0.3) is 5.92 Å². The van der Waals surface area contributed by atoms with Crippen molar-refractivity contribution in [2.45, 2.75) is 32.1 Å². The maximum atomic E-state index is 12.7. The highest BCUT2D eigenvalue weighted by atomic mass is 19.3. The minimum absolute atomic E-state index is 0.00358. The van der Waals surface area contributed by atoms with Crippen LogP contribution in [0, 0.1) is 0 Å². The number of alkyl halides is 2. The second-order valence-corrected chi connectivity index (χ2v) is 5.39. The molecule has 4 heteroatoms. The predicted octanol–water partition coefficient (Wildman–Crippen LogP) is 2.83. The molecule has 0 amide bonds. The fourth-order valence-corrected chi connectivity index (χ4v) is 1.71. The topological polar surface area (TPSA) is 16.1 Å². The van der Waals surface area contributed by atoms with E-state index in [-0.39, 0.29) is 18.5 Å². The highest BCUT2D eigenvalue weighted by molar-refractivity contribution is 5.50. The van der Waals surface area contributed by atoms with Crippen molar-refractivity contribution in [1.29, 1.82) is 0 Å². The zero-order valence-corrected chi connectivity index (χ0v) is 9.80. The summed E-state index contributed by atoms with van der Waals surface area (Å²) in [6.45, 7) is 5.86. The van der Waals surface area contributed by atoms with Crippen LogP contribution in [0.4, 0.5) is 14.5 Å². The monoisotopic (exact) mass is 226 g/mol. The Bertz CT molecular complexity index is 388. The van der Waals surface area contributed by atoms with Crippen molar-refractivity contribution in [1.82, 2.24) is 4.98 Å². The van der Waals surface area contributed by atoms with E-state index in [2.05, 4.69) is 25.8 Å². The van der Waals surface area contributed by atoms with Gasteiger partial charge >= 0.3 is 0 Å². The summed E-state index contributed by atoms with van der Waals surface area (Å²) in [5.41, 5.74) is 1.86. The first kappa shape index (κ1) is 11.3. The normalized spacial score (nSPS) is 19.4. The fourth-order valence-electron chi connectivity index (χ4n) is 1.71. The van der Waals surface area contributed by atoms with Crippen LogP contribution in [-0.4, -0.2) is 24.0 Å². The van der Waals surface area contributed by atoms with E-state index in [1.54, 1.807) is 17.3 Å². The molecule has 2 rings (SSSR count). The number of hydrogen-bond acceptors (Lipinski definition) is 2. The first-order chi connectivity index (χ1) is 7.28. The van der Waals surface area contributed by atoms with Crippen LogP contribution < -0.4 is 4.90 Å². The zero-order chi connectivity index (χ0) is 12.0. The van der Waals surface area contributed by atoms with Gasteiger partial charge in [-0.15, -0.1) is 0 Å². The summed E-state index contributed by atoms with van der Waals surface area (Å²) < 4.78 is 25.5. The molecule has 1 aliphatic rings. The standard InChI is InChI=1S/C12H16F2N2/c1-11(2,3)9-4-10(6-15-5-9)16-7-12(13,14)8-16/h4-6H,7-8H2,1-3H3. The third-order valence-electron chi connectivity index (χ3n) is 2.80. The molecule has 0 aliphatic carbocycles. The van der Waals surface area contributed by atoms with E-state index in [4.69, 9.17) is 0 Å². The molecule has 1 aliphatic heterocycles. The maximum absolute atomic E-state index is 12.7. The number of anilines is 1. The Morgan fingerprint density at radius 1 is 1.25 bits per heavy atom. The lowest BCUT2D eigenvalue weighted by Gasteiger charge is -2.40. The number of aromatic nitrogens is 1. The molecule has 1 saturated heterocycles. The molecule has 2 heterocycles. The smallest absolute Gasteiger partial charge is 0.282 e. The van der Waals surface area contributed by atoms with Gasteiger partial charge < -0.3 is 4.90 Å². The van der Waals surface area contributed by atoms with Crippen molar-refractivity contribution in [3.05, 3.63) is 24.0 Å². The summed E-state index contributed by atoms with van der Waals surface area (Å²) in [6, 6.07) is 1.95. The van der Waals surface area contributed by atoms with Gasteiger partial charge in [-0.05, 0) is 17.0 Å². The third kappa shape index (κ3) is 2.15. The SMILES string of the molecule is CC(C)(C)c1cncc(N2CC(F)(F)C2)c1. The molecule has 0 bridgehead atoms. The lowest BCUT2D eigenvalue weighted by atomic mass is 9.88. The molecule has 0 radical (unpaired) electrons. The fraction of sp³-hybridized carbons (Fsp3) is 0.583. The van der Waals surface area contributed by atoms with Crippen LogP contribution in [0.2, 0.25) is 0 Å². The van der Waals surface area contributed by atoms with E-state index in [0.29, 0.717) is 0 Å². The highest BCUT2D eigenvalue weighted by Crippen LogP contribution is 2.33. The Labute approximate surface area is 94.3 Å². The number of hydrogen-bond donors (Lipinski definition) is 0. The molecular weight excluding hydrogens is 210 g/mol. The van der Waals surface area contributed by atoms with Gasteiger partial charge in [0.05, 0.1) is 25.0 Å². The van der Waals surface area contributed by atoms with Crippen molar-refractivity contribution in [3.8, 4) is 0 Å². The second kappa shape index (κ2) is 3.40. The maximum Gasteiger partial charge on any atom is 0.282 e. The molecule has 1 aromatic rings. The molecule has 1 fully saturated rings. The molecule has 0 aromatic carbocycles. The number of rotatable bonds is 1. The molecule has 0 saturated carbocycles. The second-order valence-electron chi connectivity index (χ2n) is 5.39. The average molecular weight is 226 g/mol. The molecule has 88 valence electrons. The van der Waals surface area contributed by atoms with E-state index in [9.17, 15) is 8.78 Å². The van der Waals surface area contributed by atoms with Crippen molar-refractivity contribution < 1.29 is 8.78 Å². The molecule has 2 nitrogen and oxygen atoms in total. The molecule has 0 unspecified atom stereocenters. The van der Waals surface area contributed by atoms with Crippen molar-refractivity contribution in [3.63, 3.8) is 0 Å². The lowest BCUT2D eigenvalue weighted by Crippen LogP contribution is -2.56. The summed E-state index contributed by atoms with van der Waals surface area (Å²) in [7, 11) is 0. The molecule has 16 heavy (non-hydrogen) atoms. The average Bonchev–Trinajstić information content (AvgIpc) is 2.13. The van der Waals surface area contributed by atoms with Crippen molar-refractivity contribution >= 4 is 5.69 Å². The Kier molecular flexibility index (Phi) is 2.40. The first-order valence-electron chi connectivity index (χ1n) is 5.36.